The first-order valence-corrected chi connectivity index (χ1v) is 6.79. The fraction of sp³-hybridized carbons (Fsp3) is 0.312. The number of nitriles is 1. The molecular weight excluding hydrogens is 253 g/mol. The molecule has 1 unspecified atom stereocenters. The SMILES string of the molecule is N#Cc1cc(F)cc(Cn2cc3c(c2)C(N)CCC3)c1. The first kappa shape index (κ1) is 12.9. The van der Waals surface area contributed by atoms with Gasteiger partial charge in [-0.3, -0.25) is 0 Å². The molecule has 0 fully saturated rings. The molecular formula is C16H16FN3. The van der Waals surface area contributed by atoms with E-state index in [-0.39, 0.29) is 11.9 Å². The fourth-order valence-electron chi connectivity index (χ4n) is 2.89. The summed E-state index contributed by atoms with van der Waals surface area (Å²) in [5.74, 6) is -0.368. The summed E-state index contributed by atoms with van der Waals surface area (Å²) in [4.78, 5) is 0. The highest BCUT2D eigenvalue weighted by atomic mass is 19.1. The molecule has 3 nitrogen and oxygen atoms in total. The number of aryl methyl sites for hydroxylation is 1. The van der Waals surface area contributed by atoms with Gasteiger partial charge in [0.1, 0.15) is 5.82 Å². The maximum absolute atomic E-state index is 13.4. The minimum absolute atomic E-state index is 0.113. The van der Waals surface area contributed by atoms with E-state index in [0.29, 0.717) is 12.1 Å². The fourth-order valence-corrected chi connectivity index (χ4v) is 2.89. The van der Waals surface area contributed by atoms with E-state index in [1.807, 2.05) is 10.6 Å². The Morgan fingerprint density at radius 1 is 1.35 bits per heavy atom. The lowest BCUT2D eigenvalue weighted by Gasteiger charge is -2.17. The Morgan fingerprint density at radius 2 is 2.20 bits per heavy atom. The predicted octanol–water partition coefficient (Wildman–Crippen LogP) is 2.88. The molecule has 1 heterocycles. The van der Waals surface area contributed by atoms with Crippen molar-refractivity contribution in [2.45, 2.75) is 31.8 Å². The van der Waals surface area contributed by atoms with Crippen LogP contribution < -0.4 is 5.73 Å². The van der Waals surface area contributed by atoms with Gasteiger partial charge < -0.3 is 10.3 Å². The first-order valence-electron chi connectivity index (χ1n) is 6.79. The Kier molecular flexibility index (Phi) is 3.29. The van der Waals surface area contributed by atoms with Crippen molar-refractivity contribution in [3.63, 3.8) is 0 Å². The van der Waals surface area contributed by atoms with Crippen LogP contribution in [0.2, 0.25) is 0 Å². The Balaban J connectivity index is 1.89. The van der Waals surface area contributed by atoms with E-state index < -0.39 is 0 Å². The van der Waals surface area contributed by atoms with E-state index in [9.17, 15) is 4.39 Å². The van der Waals surface area contributed by atoms with E-state index in [1.54, 1.807) is 6.07 Å². The highest BCUT2D eigenvalue weighted by Gasteiger charge is 2.18. The number of hydrogen-bond donors (Lipinski definition) is 1. The topological polar surface area (TPSA) is 54.7 Å². The Bertz CT molecular complexity index is 682. The number of rotatable bonds is 2. The normalized spacial score (nSPS) is 17.6. The summed E-state index contributed by atoms with van der Waals surface area (Å²) in [5, 5.41) is 8.88. The predicted molar refractivity (Wildman–Crippen MR) is 74.5 cm³/mol. The maximum Gasteiger partial charge on any atom is 0.124 e. The molecule has 0 spiro atoms. The standard InChI is InChI=1S/C16H16FN3/c17-14-5-11(7-18)4-12(6-14)8-20-9-13-2-1-3-16(19)15(13)10-20/h4-6,9-10,16H,1-3,8,19H2. The molecule has 1 aromatic carbocycles. The van der Waals surface area contributed by atoms with E-state index in [4.69, 9.17) is 11.0 Å². The zero-order valence-electron chi connectivity index (χ0n) is 11.1. The second-order valence-corrected chi connectivity index (χ2v) is 5.37. The molecule has 1 aliphatic rings. The number of hydrogen-bond acceptors (Lipinski definition) is 2. The van der Waals surface area contributed by atoms with Gasteiger partial charge in [0.25, 0.3) is 0 Å². The van der Waals surface area contributed by atoms with Crippen molar-refractivity contribution in [1.82, 2.24) is 4.57 Å². The van der Waals surface area contributed by atoms with Crippen molar-refractivity contribution in [2.24, 2.45) is 5.73 Å². The van der Waals surface area contributed by atoms with Crippen molar-refractivity contribution in [3.05, 3.63) is 58.7 Å². The largest absolute Gasteiger partial charge is 0.349 e. The molecule has 1 aromatic heterocycles. The van der Waals surface area contributed by atoms with Gasteiger partial charge in [-0.15, -0.1) is 0 Å². The maximum atomic E-state index is 13.4. The van der Waals surface area contributed by atoms with Crippen LogP contribution in [0, 0.1) is 17.1 Å². The summed E-state index contributed by atoms with van der Waals surface area (Å²) in [7, 11) is 0. The minimum Gasteiger partial charge on any atom is -0.349 e. The van der Waals surface area contributed by atoms with Crippen molar-refractivity contribution < 1.29 is 4.39 Å². The Hall–Kier alpha value is -2.12. The van der Waals surface area contributed by atoms with E-state index in [2.05, 4.69) is 12.4 Å². The van der Waals surface area contributed by atoms with Crippen molar-refractivity contribution in [1.29, 1.82) is 5.26 Å². The van der Waals surface area contributed by atoms with Crippen LogP contribution in [-0.4, -0.2) is 4.57 Å². The molecule has 0 bridgehead atoms. The smallest absolute Gasteiger partial charge is 0.124 e. The molecule has 1 atom stereocenters. The second kappa shape index (κ2) is 5.10. The summed E-state index contributed by atoms with van der Waals surface area (Å²) in [5.41, 5.74) is 9.75. The highest BCUT2D eigenvalue weighted by Crippen LogP contribution is 2.28. The van der Waals surface area contributed by atoms with Crippen LogP contribution >= 0.6 is 0 Å². The zero-order chi connectivity index (χ0) is 14.1. The van der Waals surface area contributed by atoms with Gasteiger partial charge in [-0.2, -0.15) is 5.26 Å². The van der Waals surface area contributed by atoms with Crippen LogP contribution in [0.4, 0.5) is 4.39 Å². The Labute approximate surface area is 117 Å². The van der Waals surface area contributed by atoms with Crippen LogP contribution in [0.3, 0.4) is 0 Å². The molecule has 20 heavy (non-hydrogen) atoms. The third-order valence-electron chi connectivity index (χ3n) is 3.81. The number of nitrogens with two attached hydrogens (primary N) is 1. The highest BCUT2D eigenvalue weighted by molar-refractivity contribution is 5.35. The van der Waals surface area contributed by atoms with Gasteiger partial charge >= 0.3 is 0 Å². The third kappa shape index (κ3) is 2.45. The number of aromatic nitrogens is 1. The van der Waals surface area contributed by atoms with Crippen molar-refractivity contribution in [3.8, 4) is 6.07 Å². The molecule has 0 saturated carbocycles. The van der Waals surface area contributed by atoms with Crippen molar-refractivity contribution >= 4 is 0 Å². The van der Waals surface area contributed by atoms with Gasteiger partial charge in [0.05, 0.1) is 11.6 Å². The monoisotopic (exact) mass is 269 g/mol. The molecule has 102 valence electrons. The first-order chi connectivity index (χ1) is 9.65. The quantitative estimate of drug-likeness (QED) is 0.911. The molecule has 2 N–H and O–H groups in total. The van der Waals surface area contributed by atoms with E-state index in [1.165, 1.54) is 23.3 Å². The lowest BCUT2D eigenvalue weighted by molar-refractivity contribution is 0.573. The summed E-state index contributed by atoms with van der Waals surface area (Å²) in [6.45, 7) is 0.562. The van der Waals surface area contributed by atoms with Crippen LogP contribution in [-0.2, 0) is 13.0 Å². The summed E-state index contributed by atoms with van der Waals surface area (Å²) in [6, 6.07) is 6.54. The van der Waals surface area contributed by atoms with Gasteiger partial charge in [-0.05, 0) is 54.2 Å². The lowest BCUT2D eigenvalue weighted by atomic mass is 9.92. The number of nitrogens with zero attached hydrogens (tertiary/aromatic N) is 2. The lowest BCUT2D eigenvalue weighted by Crippen LogP contribution is -2.15. The second-order valence-electron chi connectivity index (χ2n) is 5.37. The average Bonchev–Trinajstić information content (AvgIpc) is 2.82. The number of halogens is 1. The van der Waals surface area contributed by atoms with Crippen LogP contribution in [0.25, 0.3) is 0 Å². The summed E-state index contributed by atoms with van der Waals surface area (Å²) < 4.78 is 15.5. The average molecular weight is 269 g/mol. The molecule has 3 rings (SSSR count). The molecule has 0 aliphatic heterocycles. The van der Waals surface area contributed by atoms with Crippen LogP contribution in [0.5, 0.6) is 0 Å². The Morgan fingerprint density at radius 3 is 2.95 bits per heavy atom. The third-order valence-corrected chi connectivity index (χ3v) is 3.81. The summed E-state index contributed by atoms with van der Waals surface area (Å²) in [6.07, 6.45) is 7.34. The van der Waals surface area contributed by atoms with Crippen LogP contribution in [0.1, 0.15) is 41.1 Å². The summed E-state index contributed by atoms with van der Waals surface area (Å²) >= 11 is 0. The zero-order valence-corrected chi connectivity index (χ0v) is 11.1. The number of fused-ring (bicyclic) bond motifs is 1. The molecule has 0 radical (unpaired) electrons. The van der Waals surface area contributed by atoms with Gasteiger partial charge in [0.2, 0.25) is 0 Å². The molecule has 4 heteroatoms. The molecule has 1 aliphatic carbocycles. The van der Waals surface area contributed by atoms with E-state index in [0.717, 1.165) is 24.8 Å². The minimum atomic E-state index is -0.368. The van der Waals surface area contributed by atoms with Gasteiger partial charge in [-0.25, -0.2) is 4.39 Å². The molecule has 0 amide bonds. The number of benzene rings is 1. The van der Waals surface area contributed by atoms with E-state index >= 15 is 0 Å². The molecule has 0 saturated heterocycles. The molecule has 2 aromatic rings. The van der Waals surface area contributed by atoms with Crippen molar-refractivity contribution in [2.75, 3.05) is 0 Å². The van der Waals surface area contributed by atoms with Gasteiger partial charge in [-0.1, -0.05) is 0 Å². The van der Waals surface area contributed by atoms with Gasteiger partial charge in [0.15, 0.2) is 0 Å². The van der Waals surface area contributed by atoms with Crippen LogP contribution in [0.15, 0.2) is 30.6 Å². The van der Waals surface area contributed by atoms with Gasteiger partial charge in [0, 0.05) is 25.0 Å².